The topological polar surface area (TPSA) is 111 Å². The number of methoxy groups -OCH3 is 2. The summed E-state index contributed by atoms with van der Waals surface area (Å²) in [6.45, 7) is 0. The van der Waals surface area contributed by atoms with Crippen LogP contribution in [0.25, 0.3) is 11.3 Å². The number of pyridine rings is 1. The van der Waals surface area contributed by atoms with Gasteiger partial charge in [0.2, 0.25) is 5.78 Å². The molecule has 0 bridgehead atoms. The number of hydrogen-bond donors (Lipinski definition) is 2. The maximum atomic E-state index is 13.9. The fourth-order valence-electron chi connectivity index (χ4n) is 3.56. The Morgan fingerprint density at radius 2 is 1.88 bits per heavy atom. The monoisotopic (exact) mass is 474 g/mol. The predicted molar refractivity (Wildman–Crippen MR) is 111 cm³/mol. The van der Waals surface area contributed by atoms with Crippen LogP contribution in [-0.4, -0.2) is 42.2 Å². The molecule has 1 aromatic carbocycles. The number of nitrogens with one attached hydrogen (secondary N) is 1. The first-order valence-electron chi connectivity index (χ1n) is 9.78. The molecule has 1 amide bonds. The number of Topliss-reactive ketones (excluding diaryl/α,β-unsaturated/α-hetero) is 1. The molecule has 1 aliphatic rings. The van der Waals surface area contributed by atoms with Crippen LogP contribution in [0.4, 0.5) is 13.2 Å². The number of alkyl halides is 3. The molecule has 3 heterocycles. The molecule has 2 N–H and O–H groups in total. The van der Waals surface area contributed by atoms with Crippen LogP contribution in [0.15, 0.2) is 64.4 Å². The largest absolute Gasteiger partial charge is 0.497 e. The number of carbonyl (C=O) groups excluding carboxylic acids is 2. The van der Waals surface area contributed by atoms with Crippen LogP contribution < -0.4 is 14.8 Å². The normalized spacial score (nSPS) is 15.9. The number of amides is 1. The average Bonchev–Trinajstić information content (AvgIpc) is 3.33. The highest BCUT2D eigenvalue weighted by atomic mass is 19.4. The second-order valence-corrected chi connectivity index (χ2v) is 7.15. The molecule has 1 atom stereocenters. The SMILES string of the molecule is COc1ccc(OC)c(-c2ccc3c(n2)C(O)C(C(=O)c2ccco2)=C(C(F)(F)F)NC3=O)c1. The Hall–Kier alpha value is -4.12. The van der Waals surface area contributed by atoms with Crippen LogP contribution in [0.3, 0.4) is 0 Å². The predicted octanol–water partition coefficient (Wildman–Crippen LogP) is 3.83. The van der Waals surface area contributed by atoms with E-state index in [9.17, 15) is 27.9 Å². The van der Waals surface area contributed by atoms with Crippen molar-refractivity contribution in [2.45, 2.75) is 12.3 Å². The molecular weight excluding hydrogens is 457 g/mol. The molecular formula is C23H17F3N2O6. The van der Waals surface area contributed by atoms with Gasteiger partial charge >= 0.3 is 6.18 Å². The van der Waals surface area contributed by atoms with Gasteiger partial charge in [-0.3, -0.25) is 9.59 Å². The number of aliphatic hydroxyl groups is 1. The third-order valence-corrected chi connectivity index (χ3v) is 5.17. The Morgan fingerprint density at radius 3 is 2.50 bits per heavy atom. The Morgan fingerprint density at radius 1 is 1.12 bits per heavy atom. The van der Waals surface area contributed by atoms with E-state index in [-0.39, 0.29) is 11.3 Å². The number of hydrogen-bond acceptors (Lipinski definition) is 7. The number of fused-ring (bicyclic) bond motifs is 1. The van der Waals surface area contributed by atoms with Crippen molar-refractivity contribution in [3.63, 3.8) is 0 Å². The minimum absolute atomic E-state index is 0.168. The van der Waals surface area contributed by atoms with Crippen molar-refractivity contribution in [2.24, 2.45) is 0 Å². The molecule has 8 nitrogen and oxygen atoms in total. The number of aromatic nitrogens is 1. The quantitative estimate of drug-likeness (QED) is 0.541. The van der Waals surface area contributed by atoms with Gasteiger partial charge in [-0.25, -0.2) is 4.98 Å². The summed E-state index contributed by atoms with van der Waals surface area (Å²) in [5, 5.41) is 12.7. The Kier molecular flexibility index (Phi) is 5.88. The van der Waals surface area contributed by atoms with Gasteiger partial charge in [0.15, 0.2) is 5.76 Å². The summed E-state index contributed by atoms with van der Waals surface area (Å²) in [5.41, 5.74) is -3.01. The second kappa shape index (κ2) is 8.67. The van der Waals surface area contributed by atoms with Crippen molar-refractivity contribution in [2.75, 3.05) is 14.2 Å². The van der Waals surface area contributed by atoms with E-state index >= 15 is 0 Å². The van der Waals surface area contributed by atoms with Crippen molar-refractivity contribution in [3.05, 3.63) is 77.0 Å². The van der Waals surface area contributed by atoms with E-state index in [1.54, 1.807) is 23.5 Å². The van der Waals surface area contributed by atoms with Gasteiger partial charge in [-0.1, -0.05) is 0 Å². The standard InChI is InChI=1S/C23H17F3N2O6/c1-32-11-5-8-15(33-2)13(10-11)14-7-6-12-18(27-14)20(30)17(19(29)16-4-3-9-34-16)21(23(24,25)26)28-22(12)31/h3-10,20,30H,1-2H3,(H,28,31). The van der Waals surface area contributed by atoms with Crippen molar-refractivity contribution in [1.29, 1.82) is 0 Å². The highest BCUT2D eigenvalue weighted by Crippen LogP contribution is 2.39. The van der Waals surface area contributed by atoms with Crippen molar-refractivity contribution in [3.8, 4) is 22.8 Å². The third-order valence-electron chi connectivity index (χ3n) is 5.17. The smallest absolute Gasteiger partial charge is 0.431 e. The van der Waals surface area contributed by atoms with Crippen LogP contribution in [0.5, 0.6) is 11.5 Å². The van der Waals surface area contributed by atoms with Crippen molar-refractivity contribution < 1.29 is 41.8 Å². The number of allylic oxidation sites excluding steroid dienone is 1. The Balaban J connectivity index is 1.93. The van der Waals surface area contributed by atoms with E-state index in [0.717, 1.165) is 12.3 Å². The summed E-state index contributed by atoms with van der Waals surface area (Å²) in [6, 6.07) is 9.85. The fraction of sp³-hybridized carbons (Fsp3) is 0.174. The van der Waals surface area contributed by atoms with Gasteiger partial charge in [0.25, 0.3) is 5.91 Å². The zero-order chi connectivity index (χ0) is 24.6. The summed E-state index contributed by atoms with van der Waals surface area (Å²) >= 11 is 0. The summed E-state index contributed by atoms with van der Waals surface area (Å²) in [5.74, 6) is -2.07. The molecule has 0 fully saturated rings. The van der Waals surface area contributed by atoms with Crippen LogP contribution in [0.1, 0.15) is 32.7 Å². The summed E-state index contributed by atoms with van der Waals surface area (Å²) in [7, 11) is 2.86. The number of halogens is 3. The molecule has 2 aromatic heterocycles. The first-order valence-corrected chi connectivity index (χ1v) is 9.78. The highest BCUT2D eigenvalue weighted by molar-refractivity contribution is 6.10. The highest BCUT2D eigenvalue weighted by Gasteiger charge is 2.45. The van der Waals surface area contributed by atoms with E-state index in [0.29, 0.717) is 17.1 Å². The number of aliphatic hydroxyl groups excluding tert-OH is 1. The molecule has 0 radical (unpaired) electrons. The molecule has 11 heteroatoms. The molecule has 176 valence electrons. The van der Waals surface area contributed by atoms with Gasteiger partial charge in [-0.05, 0) is 42.5 Å². The lowest BCUT2D eigenvalue weighted by Crippen LogP contribution is -2.33. The fourth-order valence-corrected chi connectivity index (χ4v) is 3.56. The number of furan rings is 1. The lowest BCUT2D eigenvalue weighted by Gasteiger charge is -2.18. The molecule has 0 saturated carbocycles. The lowest BCUT2D eigenvalue weighted by molar-refractivity contribution is -0.0973. The summed E-state index contributed by atoms with van der Waals surface area (Å²) in [6.07, 6.45) is -6.25. The molecule has 34 heavy (non-hydrogen) atoms. The zero-order valence-electron chi connectivity index (χ0n) is 17.8. The summed E-state index contributed by atoms with van der Waals surface area (Å²) in [4.78, 5) is 29.8. The number of ether oxygens (including phenoxy) is 2. The Bertz CT molecular complexity index is 1300. The number of rotatable bonds is 5. The molecule has 0 aliphatic carbocycles. The Labute approximate surface area is 190 Å². The first kappa shape index (κ1) is 23.1. The van der Waals surface area contributed by atoms with Crippen molar-refractivity contribution >= 4 is 11.7 Å². The molecule has 1 unspecified atom stereocenters. The lowest BCUT2D eigenvalue weighted by atomic mass is 9.96. The maximum absolute atomic E-state index is 13.9. The number of benzene rings is 1. The van der Waals surface area contributed by atoms with Crippen molar-refractivity contribution in [1.82, 2.24) is 10.3 Å². The number of ketones is 1. The number of nitrogens with zero attached hydrogens (tertiary/aromatic N) is 1. The van der Waals surface area contributed by atoms with Gasteiger partial charge in [0.05, 0.1) is 43.0 Å². The first-order chi connectivity index (χ1) is 16.2. The summed E-state index contributed by atoms with van der Waals surface area (Å²) < 4.78 is 57.0. The average molecular weight is 474 g/mol. The van der Waals surface area contributed by atoms with E-state index in [4.69, 9.17) is 13.9 Å². The van der Waals surface area contributed by atoms with E-state index in [1.165, 1.54) is 32.4 Å². The van der Waals surface area contributed by atoms with Crippen LogP contribution in [0, 0.1) is 0 Å². The minimum Gasteiger partial charge on any atom is -0.497 e. The van der Waals surface area contributed by atoms with Gasteiger partial charge in [-0.2, -0.15) is 13.2 Å². The number of carbonyl (C=O) groups is 2. The van der Waals surface area contributed by atoms with Gasteiger partial charge in [0.1, 0.15) is 23.3 Å². The minimum atomic E-state index is -5.16. The van der Waals surface area contributed by atoms with Gasteiger partial charge < -0.3 is 24.3 Å². The molecule has 3 aromatic rings. The molecule has 0 spiro atoms. The van der Waals surface area contributed by atoms with Crippen LogP contribution >= 0.6 is 0 Å². The molecule has 1 aliphatic heterocycles. The van der Waals surface area contributed by atoms with Crippen LogP contribution in [0.2, 0.25) is 0 Å². The molecule has 4 rings (SSSR count). The molecule has 0 saturated heterocycles. The van der Waals surface area contributed by atoms with E-state index < -0.39 is 46.7 Å². The zero-order valence-corrected chi connectivity index (χ0v) is 17.8. The maximum Gasteiger partial charge on any atom is 0.431 e. The van der Waals surface area contributed by atoms with E-state index in [1.807, 2.05) is 0 Å². The van der Waals surface area contributed by atoms with Crippen LogP contribution in [-0.2, 0) is 0 Å². The van der Waals surface area contributed by atoms with E-state index in [2.05, 4.69) is 4.98 Å². The van der Waals surface area contributed by atoms with Gasteiger partial charge in [0, 0.05) is 5.56 Å². The third kappa shape index (κ3) is 4.01. The second-order valence-electron chi connectivity index (χ2n) is 7.15. The van der Waals surface area contributed by atoms with Gasteiger partial charge in [-0.15, -0.1) is 0 Å².